The van der Waals surface area contributed by atoms with E-state index in [4.69, 9.17) is 21.1 Å². The third-order valence-corrected chi connectivity index (χ3v) is 3.20. The van der Waals surface area contributed by atoms with Gasteiger partial charge in [0.05, 0.1) is 25.1 Å². The van der Waals surface area contributed by atoms with Crippen LogP contribution in [0.1, 0.15) is 26.3 Å². The van der Waals surface area contributed by atoms with Crippen molar-refractivity contribution >= 4 is 23.5 Å². The molecule has 0 aliphatic heterocycles. The number of anilines is 1. The number of nitrogens with zero attached hydrogens (tertiary/aromatic N) is 2. The molecule has 1 heterocycles. The Morgan fingerprint density at radius 3 is 2.92 bits per heavy atom. The molecule has 128 valence electrons. The smallest absolute Gasteiger partial charge is 0.285 e. The third-order valence-electron chi connectivity index (χ3n) is 2.82. The predicted molar refractivity (Wildman–Crippen MR) is 94.5 cm³/mol. The molecule has 2 aromatic rings. The molecule has 0 bridgehead atoms. The normalized spacial score (nSPS) is 11.0. The van der Waals surface area contributed by atoms with E-state index in [0.29, 0.717) is 23.8 Å². The average molecular weight is 351 g/mol. The van der Waals surface area contributed by atoms with E-state index in [9.17, 15) is 4.79 Å². The van der Waals surface area contributed by atoms with E-state index in [1.807, 2.05) is 39.0 Å². The summed E-state index contributed by atoms with van der Waals surface area (Å²) in [6.07, 6.45) is 3.02. The summed E-state index contributed by atoms with van der Waals surface area (Å²) in [6, 6.07) is 5.50. The zero-order valence-corrected chi connectivity index (χ0v) is 14.4. The van der Waals surface area contributed by atoms with E-state index in [2.05, 4.69) is 20.7 Å². The van der Waals surface area contributed by atoms with Crippen molar-refractivity contribution in [2.24, 2.45) is 5.10 Å². The first-order valence-electron chi connectivity index (χ1n) is 7.47. The van der Waals surface area contributed by atoms with Crippen LogP contribution in [0.25, 0.3) is 0 Å². The highest BCUT2D eigenvalue weighted by Crippen LogP contribution is 2.29. The fraction of sp³-hybridized carbons (Fsp3) is 0.312. The molecule has 0 unspecified atom stereocenters. The van der Waals surface area contributed by atoms with Gasteiger partial charge in [0, 0.05) is 0 Å². The second-order valence-corrected chi connectivity index (χ2v) is 5.48. The molecular weight excluding hydrogens is 332 g/mol. The highest BCUT2D eigenvalue weighted by molar-refractivity contribution is 6.32. The first kappa shape index (κ1) is 17.8. The molecule has 1 aromatic carbocycles. The van der Waals surface area contributed by atoms with E-state index in [1.54, 1.807) is 6.21 Å². The van der Waals surface area contributed by atoms with Crippen LogP contribution in [0.3, 0.4) is 0 Å². The van der Waals surface area contributed by atoms with Gasteiger partial charge in [-0.3, -0.25) is 10.2 Å². The molecule has 2 N–H and O–H groups in total. The summed E-state index contributed by atoms with van der Waals surface area (Å²) in [5.41, 5.74) is 3.33. The van der Waals surface area contributed by atoms with Crippen LogP contribution in [0.4, 0.5) is 5.69 Å². The monoisotopic (exact) mass is 350 g/mol. The minimum atomic E-state index is -0.481. The Hall–Kier alpha value is -2.54. The van der Waals surface area contributed by atoms with Crippen molar-refractivity contribution in [1.29, 1.82) is 0 Å². The lowest BCUT2D eigenvalue weighted by Crippen LogP contribution is -2.10. The van der Waals surface area contributed by atoms with Crippen LogP contribution in [-0.4, -0.2) is 29.1 Å². The van der Waals surface area contributed by atoms with Gasteiger partial charge in [0.25, 0.3) is 5.56 Å². The molecule has 0 spiro atoms. The molecular formula is C16H19ClN4O3. The maximum absolute atomic E-state index is 11.3. The van der Waals surface area contributed by atoms with E-state index < -0.39 is 5.56 Å². The Morgan fingerprint density at radius 2 is 2.21 bits per heavy atom. The minimum absolute atomic E-state index is 0.00200. The Morgan fingerprint density at radius 1 is 1.42 bits per heavy atom. The Bertz CT molecular complexity index is 774. The van der Waals surface area contributed by atoms with Crippen molar-refractivity contribution in [3.63, 3.8) is 0 Å². The number of aromatic nitrogens is 2. The van der Waals surface area contributed by atoms with Crippen molar-refractivity contribution in [3.05, 3.63) is 45.3 Å². The van der Waals surface area contributed by atoms with Crippen LogP contribution >= 0.6 is 11.6 Å². The molecule has 1 aromatic heterocycles. The molecule has 2 rings (SSSR count). The fourth-order valence-electron chi connectivity index (χ4n) is 1.86. The lowest BCUT2D eigenvalue weighted by molar-refractivity contribution is 0.224. The lowest BCUT2D eigenvalue weighted by Gasteiger charge is -2.14. The van der Waals surface area contributed by atoms with Crippen LogP contribution in [0, 0.1) is 0 Å². The number of halogens is 1. The molecule has 7 nitrogen and oxygen atoms in total. The number of aromatic amines is 1. The number of hydrogen-bond acceptors (Lipinski definition) is 6. The van der Waals surface area contributed by atoms with Gasteiger partial charge in [-0.2, -0.15) is 10.2 Å². The number of hydrazone groups is 1. The largest absolute Gasteiger partial charge is 0.490 e. The van der Waals surface area contributed by atoms with Gasteiger partial charge in [0.2, 0.25) is 0 Å². The second kappa shape index (κ2) is 8.35. The summed E-state index contributed by atoms with van der Waals surface area (Å²) < 4.78 is 11.3. The molecule has 0 aliphatic rings. The van der Waals surface area contributed by atoms with E-state index in [0.717, 1.165) is 5.56 Å². The number of benzene rings is 1. The molecule has 0 radical (unpaired) electrons. The van der Waals surface area contributed by atoms with Crippen LogP contribution in [0.5, 0.6) is 11.5 Å². The number of rotatable bonds is 7. The van der Waals surface area contributed by atoms with Gasteiger partial charge in [-0.15, -0.1) is 0 Å². The molecule has 0 aliphatic carbocycles. The Balaban J connectivity index is 2.15. The number of ether oxygens (including phenoxy) is 2. The van der Waals surface area contributed by atoms with Gasteiger partial charge in [0.1, 0.15) is 10.7 Å². The van der Waals surface area contributed by atoms with Crippen LogP contribution < -0.4 is 20.5 Å². The van der Waals surface area contributed by atoms with Crippen LogP contribution in [0.15, 0.2) is 34.3 Å². The van der Waals surface area contributed by atoms with Crippen LogP contribution in [0.2, 0.25) is 5.02 Å². The fourth-order valence-corrected chi connectivity index (χ4v) is 2.00. The summed E-state index contributed by atoms with van der Waals surface area (Å²) in [5.74, 6) is 1.32. The quantitative estimate of drug-likeness (QED) is 0.591. The Labute approximate surface area is 144 Å². The van der Waals surface area contributed by atoms with E-state index in [-0.39, 0.29) is 11.1 Å². The summed E-state index contributed by atoms with van der Waals surface area (Å²) in [6.45, 7) is 6.34. The predicted octanol–water partition coefficient (Wildman–Crippen LogP) is 3.06. The Kier molecular flexibility index (Phi) is 6.20. The molecule has 0 fully saturated rings. The molecule has 8 heteroatoms. The standard InChI is InChI=1S/C16H19ClN4O3/c1-4-23-14-7-11(5-6-13(14)24-10(2)3)8-18-20-12-9-19-21-16(22)15(12)17/h5-10H,4H2,1-3H3,(H2,20,21,22)/b18-8+. The van der Waals surface area contributed by atoms with Crippen molar-refractivity contribution in [2.75, 3.05) is 12.0 Å². The number of hydrogen-bond donors (Lipinski definition) is 2. The maximum atomic E-state index is 11.3. The van der Waals surface area contributed by atoms with Crippen LogP contribution in [-0.2, 0) is 0 Å². The SMILES string of the molecule is CCOc1cc(/C=N/Nc2cn[nH]c(=O)c2Cl)ccc1OC(C)C. The van der Waals surface area contributed by atoms with Crippen molar-refractivity contribution in [1.82, 2.24) is 10.2 Å². The second-order valence-electron chi connectivity index (χ2n) is 5.10. The first-order chi connectivity index (χ1) is 11.5. The molecule has 24 heavy (non-hydrogen) atoms. The first-order valence-corrected chi connectivity index (χ1v) is 7.84. The summed E-state index contributed by atoms with van der Waals surface area (Å²) in [4.78, 5) is 11.3. The number of H-pyrrole nitrogens is 1. The lowest BCUT2D eigenvalue weighted by atomic mass is 10.2. The summed E-state index contributed by atoms with van der Waals surface area (Å²) in [7, 11) is 0. The van der Waals surface area contributed by atoms with Crippen molar-refractivity contribution in [2.45, 2.75) is 26.9 Å². The maximum Gasteiger partial charge on any atom is 0.285 e. The average Bonchev–Trinajstić information content (AvgIpc) is 2.53. The zero-order chi connectivity index (χ0) is 17.5. The molecule has 0 saturated carbocycles. The van der Waals surface area contributed by atoms with Gasteiger partial charge in [-0.25, -0.2) is 5.10 Å². The van der Waals surface area contributed by atoms with Gasteiger partial charge in [0.15, 0.2) is 11.5 Å². The van der Waals surface area contributed by atoms with Gasteiger partial charge < -0.3 is 9.47 Å². The van der Waals surface area contributed by atoms with Gasteiger partial charge in [-0.05, 0) is 44.5 Å². The highest BCUT2D eigenvalue weighted by atomic mass is 35.5. The molecule has 0 saturated heterocycles. The van der Waals surface area contributed by atoms with E-state index in [1.165, 1.54) is 6.20 Å². The topological polar surface area (TPSA) is 88.6 Å². The summed E-state index contributed by atoms with van der Waals surface area (Å²) in [5, 5.41) is 9.94. The van der Waals surface area contributed by atoms with Gasteiger partial charge >= 0.3 is 0 Å². The number of nitrogens with one attached hydrogen (secondary N) is 2. The van der Waals surface area contributed by atoms with Crippen molar-refractivity contribution in [3.8, 4) is 11.5 Å². The zero-order valence-electron chi connectivity index (χ0n) is 13.7. The van der Waals surface area contributed by atoms with Crippen molar-refractivity contribution < 1.29 is 9.47 Å². The minimum Gasteiger partial charge on any atom is -0.490 e. The third kappa shape index (κ3) is 4.73. The summed E-state index contributed by atoms with van der Waals surface area (Å²) >= 11 is 5.85. The van der Waals surface area contributed by atoms with E-state index >= 15 is 0 Å². The molecule has 0 atom stereocenters. The highest BCUT2D eigenvalue weighted by Gasteiger charge is 2.08. The molecule has 0 amide bonds. The van der Waals surface area contributed by atoms with Gasteiger partial charge in [-0.1, -0.05) is 11.6 Å².